The topological polar surface area (TPSA) is 88.6 Å². The summed E-state index contributed by atoms with van der Waals surface area (Å²) in [6, 6.07) is 14.0. The van der Waals surface area contributed by atoms with Gasteiger partial charge in [-0.15, -0.1) is 0 Å². The minimum absolute atomic E-state index is 0.0600. The predicted molar refractivity (Wildman–Crippen MR) is 99.6 cm³/mol. The van der Waals surface area contributed by atoms with Crippen LogP contribution in [-0.4, -0.2) is 20.0 Å². The van der Waals surface area contributed by atoms with E-state index < -0.39 is 11.2 Å². The van der Waals surface area contributed by atoms with Gasteiger partial charge in [0.1, 0.15) is 5.56 Å². The molecule has 0 radical (unpaired) electrons. The number of aromatic hydroxyl groups is 1. The Labute approximate surface area is 148 Å². The summed E-state index contributed by atoms with van der Waals surface area (Å²) in [5, 5.41) is 16.8. The fourth-order valence-corrected chi connectivity index (χ4v) is 3.42. The zero-order valence-electron chi connectivity index (χ0n) is 14.4. The Morgan fingerprint density at radius 1 is 1.08 bits per heavy atom. The highest BCUT2D eigenvalue weighted by atomic mass is 16.3. The highest BCUT2D eigenvalue weighted by molar-refractivity contribution is 6.03. The molecular formula is C19H18N4O3. The number of benzene rings is 2. The second-order valence-electron chi connectivity index (χ2n) is 6.42. The van der Waals surface area contributed by atoms with E-state index >= 15 is 0 Å². The number of hydrogen-bond acceptors (Lipinski definition) is 5. The zero-order chi connectivity index (χ0) is 18.4. The number of fused-ring (bicyclic) bond motifs is 1. The number of nitrogens with one attached hydrogen (secondary N) is 1. The lowest BCUT2D eigenvalue weighted by atomic mass is 9.95. The SMILES string of the molecule is Cn1c(O)c(C2=NN[C@H](c3cccc4ccccc34)C2)c(=O)n(C)c1=O. The fourth-order valence-electron chi connectivity index (χ4n) is 3.42. The van der Waals surface area contributed by atoms with Gasteiger partial charge in [0, 0.05) is 20.5 Å². The molecule has 2 N–H and O–H groups in total. The first-order valence-corrected chi connectivity index (χ1v) is 8.28. The van der Waals surface area contributed by atoms with Crippen LogP contribution in [0.15, 0.2) is 57.2 Å². The van der Waals surface area contributed by atoms with Gasteiger partial charge in [-0.05, 0) is 16.3 Å². The van der Waals surface area contributed by atoms with Gasteiger partial charge < -0.3 is 10.5 Å². The van der Waals surface area contributed by atoms with Gasteiger partial charge in [0.05, 0.1) is 11.8 Å². The maximum atomic E-state index is 12.5. The molecular weight excluding hydrogens is 332 g/mol. The van der Waals surface area contributed by atoms with Crippen LogP contribution in [0, 0.1) is 0 Å². The Kier molecular flexibility index (Phi) is 3.64. The lowest BCUT2D eigenvalue weighted by Crippen LogP contribution is -2.39. The van der Waals surface area contributed by atoms with E-state index in [0.29, 0.717) is 12.1 Å². The third-order valence-corrected chi connectivity index (χ3v) is 4.87. The summed E-state index contributed by atoms with van der Waals surface area (Å²) in [6.45, 7) is 0. The second-order valence-corrected chi connectivity index (χ2v) is 6.42. The van der Waals surface area contributed by atoms with Crippen molar-refractivity contribution in [2.24, 2.45) is 19.2 Å². The van der Waals surface area contributed by atoms with Crippen LogP contribution in [0.2, 0.25) is 0 Å². The Balaban J connectivity index is 1.76. The molecule has 7 nitrogen and oxygen atoms in total. The van der Waals surface area contributed by atoms with E-state index in [1.54, 1.807) is 0 Å². The zero-order valence-corrected chi connectivity index (χ0v) is 14.4. The first-order chi connectivity index (χ1) is 12.5. The summed E-state index contributed by atoms with van der Waals surface area (Å²) < 4.78 is 2.02. The highest BCUT2D eigenvalue weighted by Gasteiger charge is 2.28. The number of rotatable bonds is 2. The van der Waals surface area contributed by atoms with Crippen molar-refractivity contribution in [1.29, 1.82) is 0 Å². The Morgan fingerprint density at radius 3 is 2.62 bits per heavy atom. The maximum Gasteiger partial charge on any atom is 0.333 e. The molecule has 0 aliphatic carbocycles. The predicted octanol–water partition coefficient (Wildman–Crippen LogP) is 1.38. The molecule has 3 aromatic rings. The third-order valence-electron chi connectivity index (χ3n) is 4.87. The molecule has 0 saturated heterocycles. The van der Waals surface area contributed by atoms with Crippen LogP contribution >= 0.6 is 0 Å². The summed E-state index contributed by atoms with van der Waals surface area (Å²) >= 11 is 0. The standard InChI is InChI=1S/C19H18N4O3/c1-22-17(24)16(18(25)23(2)19(22)26)15-10-14(20-21-15)13-9-5-7-11-6-3-4-8-12(11)13/h3-9,14,20,24H,10H2,1-2H3/t14-/m0/s1. The Morgan fingerprint density at radius 2 is 1.81 bits per heavy atom. The molecule has 0 unspecified atom stereocenters. The molecule has 26 heavy (non-hydrogen) atoms. The lowest BCUT2D eigenvalue weighted by Gasteiger charge is -2.14. The van der Waals surface area contributed by atoms with E-state index in [1.165, 1.54) is 14.1 Å². The van der Waals surface area contributed by atoms with Crippen molar-refractivity contribution in [3.05, 3.63) is 74.4 Å². The average Bonchev–Trinajstić information content (AvgIpc) is 3.14. The van der Waals surface area contributed by atoms with Crippen molar-refractivity contribution in [2.75, 3.05) is 0 Å². The van der Waals surface area contributed by atoms with Gasteiger partial charge in [0.15, 0.2) is 0 Å². The molecule has 1 aliphatic rings. The summed E-state index contributed by atoms with van der Waals surface area (Å²) in [4.78, 5) is 24.4. The van der Waals surface area contributed by atoms with Gasteiger partial charge >= 0.3 is 5.69 Å². The van der Waals surface area contributed by atoms with E-state index in [2.05, 4.69) is 10.5 Å². The van der Waals surface area contributed by atoms with Crippen molar-refractivity contribution >= 4 is 16.5 Å². The van der Waals surface area contributed by atoms with Crippen LogP contribution in [0.25, 0.3) is 10.8 Å². The molecule has 0 amide bonds. The molecule has 1 atom stereocenters. The summed E-state index contributed by atoms with van der Waals surface area (Å²) in [7, 11) is 2.81. The van der Waals surface area contributed by atoms with Crippen molar-refractivity contribution in [1.82, 2.24) is 14.6 Å². The van der Waals surface area contributed by atoms with Gasteiger partial charge in [-0.2, -0.15) is 5.10 Å². The second kappa shape index (κ2) is 5.87. The molecule has 0 fully saturated rings. The molecule has 0 bridgehead atoms. The smallest absolute Gasteiger partial charge is 0.333 e. The summed E-state index contributed by atoms with van der Waals surface area (Å²) in [6.07, 6.45) is 0.439. The highest BCUT2D eigenvalue weighted by Crippen LogP contribution is 2.30. The molecule has 2 heterocycles. The summed E-state index contributed by atoms with van der Waals surface area (Å²) in [5.74, 6) is -0.364. The van der Waals surface area contributed by atoms with Crippen molar-refractivity contribution in [2.45, 2.75) is 12.5 Å². The van der Waals surface area contributed by atoms with Crippen molar-refractivity contribution in [3.8, 4) is 5.88 Å². The van der Waals surface area contributed by atoms with E-state index in [4.69, 9.17) is 0 Å². The van der Waals surface area contributed by atoms with Gasteiger partial charge in [0.2, 0.25) is 5.88 Å². The Bertz CT molecular complexity index is 1170. The van der Waals surface area contributed by atoms with E-state index in [9.17, 15) is 14.7 Å². The van der Waals surface area contributed by atoms with Crippen LogP contribution in [0.4, 0.5) is 0 Å². The molecule has 7 heteroatoms. The minimum Gasteiger partial charge on any atom is -0.494 e. The number of aromatic nitrogens is 2. The van der Waals surface area contributed by atoms with Gasteiger partial charge in [0.25, 0.3) is 5.56 Å². The van der Waals surface area contributed by atoms with Gasteiger partial charge in [-0.25, -0.2) is 4.79 Å². The molecule has 2 aromatic carbocycles. The van der Waals surface area contributed by atoms with Crippen LogP contribution in [0.1, 0.15) is 23.6 Å². The van der Waals surface area contributed by atoms with Crippen LogP contribution in [0.5, 0.6) is 5.88 Å². The van der Waals surface area contributed by atoms with Crippen molar-refractivity contribution < 1.29 is 5.11 Å². The molecule has 132 valence electrons. The Hall–Kier alpha value is -3.35. The molecule has 1 aromatic heterocycles. The van der Waals surface area contributed by atoms with Gasteiger partial charge in [-0.3, -0.25) is 13.9 Å². The van der Waals surface area contributed by atoms with E-state index in [0.717, 1.165) is 25.5 Å². The monoisotopic (exact) mass is 350 g/mol. The van der Waals surface area contributed by atoms with Gasteiger partial charge in [-0.1, -0.05) is 42.5 Å². The number of nitrogens with zero attached hydrogens (tertiary/aromatic N) is 3. The minimum atomic E-state index is -0.576. The fraction of sp³-hybridized carbons (Fsp3) is 0.211. The van der Waals surface area contributed by atoms with Crippen LogP contribution < -0.4 is 16.7 Å². The van der Waals surface area contributed by atoms with Crippen LogP contribution in [-0.2, 0) is 14.1 Å². The quantitative estimate of drug-likeness (QED) is 0.731. The summed E-state index contributed by atoms with van der Waals surface area (Å²) in [5.41, 5.74) is 3.51. The van der Waals surface area contributed by atoms with E-state index in [1.807, 2.05) is 42.5 Å². The lowest BCUT2D eigenvalue weighted by molar-refractivity contribution is 0.410. The molecule has 0 spiro atoms. The van der Waals surface area contributed by atoms with Crippen LogP contribution in [0.3, 0.4) is 0 Å². The first-order valence-electron chi connectivity index (χ1n) is 8.28. The van der Waals surface area contributed by atoms with Crippen molar-refractivity contribution in [3.63, 3.8) is 0 Å². The van der Waals surface area contributed by atoms with E-state index in [-0.39, 0.29) is 17.5 Å². The largest absolute Gasteiger partial charge is 0.494 e. The number of hydrazone groups is 1. The third kappa shape index (κ3) is 2.32. The molecule has 0 saturated carbocycles. The maximum absolute atomic E-state index is 12.5. The number of hydrogen-bond donors (Lipinski definition) is 2. The average molecular weight is 350 g/mol. The molecule has 1 aliphatic heterocycles. The normalized spacial score (nSPS) is 16.5. The first kappa shape index (κ1) is 16.1. The molecule has 4 rings (SSSR count).